The fourth-order valence-corrected chi connectivity index (χ4v) is 2.68. The van der Waals surface area contributed by atoms with Crippen molar-refractivity contribution in [3.63, 3.8) is 0 Å². The molecular weight excluding hydrogens is 222 g/mol. The number of thioether (sulfide) groups is 1. The lowest BCUT2D eigenvalue weighted by atomic mass is 10.1. The highest BCUT2D eigenvalue weighted by atomic mass is 32.2. The normalized spacial score (nSPS) is 12.4. The first-order chi connectivity index (χ1) is 7.56. The Morgan fingerprint density at radius 3 is 2.69 bits per heavy atom. The highest BCUT2D eigenvalue weighted by Crippen LogP contribution is 2.25. The summed E-state index contributed by atoms with van der Waals surface area (Å²) in [6, 6.07) is 5.65. The quantitative estimate of drug-likeness (QED) is 0.449. The molecule has 1 unspecified atom stereocenters. The Bertz CT molecular complexity index is 379. The monoisotopic (exact) mass is 239 g/mol. The zero-order chi connectivity index (χ0) is 12.1. The van der Waals surface area contributed by atoms with Crippen molar-refractivity contribution in [1.82, 2.24) is 0 Å². The van der Waals surface area contributed by atoms with Gasteiger partial charge < -0.3 is 0 Å². The van der Waals surface area contributed by atoms with E-state index < -0.39 is 6.04 Å². The van der Waals surface area contributed by atoms with Crippen molar-refractivity contribution < 1.29 is 4.92 Å². The van der Waals surface area contributed by atoms with Gasteiger partial charge in [0.2, 0.25) is 6.04 Å². The molecule has 0 aliphatic carbocycles. The van der Waals surface area contributed by atoms with Crippen molar-refractivity contribution in [2.45, 2.75) is 38.1 Å². The second-order valence-corrected chi connectivity index (χ2v) is 4.92. The molecule has 1 rings (SSSR count). The molecule has 0 N–H and O–H groups in total. The Balaban J connectivity index is 2.67. The third-order valence-electron chi connectivity index (χ3n) is 2.76. The van der Waals surface area contributed by atoms with Crippen LogP contribution < -0.4 is 0 Å². The lowest BCUT2D eigenvalue weighted by molar-refractivity contribution is -0.516. The van der Waals surface area contributed by atoms with Crippen LogP contribution in [0, 0.1) is 24.0 Å². The Hall–Kier alpha value is -1.03. The summed E-state index contributed by atoms with van der Waals surface area (Å²) in [6.07, 6.45) is 0.588. The minimum Gasteiger partial charge on any atom is -0.264 e. The first kappa shape index (κ1) is 13.0. The molecule has 0 heterocycles. The largest absolute Gasteiger partial charge is 0.264 e. The molecule has 0 aliphatic heterocycles. The summed E-state index contributed by atoms with van der Waals surface area (Å²) >= 11 is 1.58. The number of benzene rings is 1. The van der Waals surface area contributed by atoms with Crippen LogP contribution in [-0.4, -0.2) is 16.7 Å². The third-order valence-corrected chi connectivity index (χ3v) is 4.06. The van der Waals surface area contributed by atoms with Gasteiger partial charge in [0.15, 0.2) is 0 Å². The van der Waals surface area contributed by atoms with Crippen LogP contribution >= 0.6 is 11.8 Å². The smallest absolute Gasteiger partial charge is 0.222 e. The minimum atomic E-state index is -0.440. The van der Waals surface area contributed by atoms with E-state index in [-0.39, 0.29) is 4.92 Å². The van der Waals surface area contributed by atoms with Gasteiger partial charge in [-0.05, 0) is 31.0 Å². The van der Waals surface area contributed by atoms with Gasteiger partial charge in [0.05, 0.1) is 5.75 Å². The standard InChI is InChI=1S/C12H17NO2S/c1-4-11(13(14)15)8-16-12-7-5-6-9(2)10(12)3/h5-7,11H,4,8H2,1-3H3. The number of hydrogen-bond acceptors (Lipinski definition) is 3. The zero-order valence-corrected chi connectivity index (χ0v) is 10.7. The Kier molecular flexibility index (Phi) is 4.80. The maximum atomic E-state index is 10.7. The molecule has 88 valence electrons. The number of nitrogens with zero attached hydrogens (tertiary/aromatic N) is 1. The first-order valence-electron chi connectivity index (χ1n) is 5.38. The second-order valence-electron chi connectivity index (χ2n) is 3.86. The van der Waals surface area contributed by atoms with Crippen LogP contribution in [0.25, 0.3) is 0 Å². The summed E-state index contributed by atoms with van der Waals surface area (Å²) in [4.78, 5) is 11.7. The lowest BCUT2D eigenvalue weighted by Crippen LogP contribution is -2.20. The first-order valence-corrected chi connectivity index (χ1v) is 6.37. The Labute approximate surface area is 100 Å². The van der Waals surface area contributed by atoms with Crippen LogP contribution in [0.3, 0.4) is 0 Å². The van der Waals surface area contributed by atoms with E-state index in [2.05, 4.69) is 19.9 Å². The topological polar surface area (TPSA) is 43.1 Å². The van der Waals surface area contributed by atoms with Gasteiger partial charge in [0.25, 0.3) is 0 Å². The molecule has 0 aromatic heterocycles. The van der Waals surface area contributed by atoms with Crippen molar-refractivity contribution in [2.24, 2.45) is 0 Å². The average molecular weight is 239 g/mol. The van der Waals surface area contributed by atoms with Crippen LogP contribution in [0.15, 0.2) is 23.1 Å². The molecule has 1 atom stereocenters. The summed E-state index contributed by atoms with van der Waals surface area (Å²) in [5.41, 5.74) is 2.46. The third kappa shape index (κ3) is 3.23. The molecule has 3 nitrogen and oxygen atoms in total. The number of aryl methyl sites for hydroxylation is 1. The molecule has 0 saturated heterocycles. The SMILES string of the molecule is CCC(CSc1cccc(C)c1C)[N+](=O)[O-]. The molecule has 1 aromatic rings. The van der Waals surface area contributed by atoms with E-state index in [1.165, 1.54) is 11.1 Å². The molecule has 0 saturated carbocycles. The predicted molar refractivity (Wildman–Crippen MR) is 67.7 cm³/mol. The van der Waals surface area contributed by atoms with Crippen molar-refractivity contribution in [1.29, 1.82) is 0 Å². The van der Waals surface area contributed by atoms with Gasteiger partial charge in [-0.2, -0.15) is 0 Å². The minimum absolute atomic E-state index is 0.182. The van der Waals surface area contributed by atoms with E-state index in [0.29, 0.717) is 12.2 Å². The number of nitro groups is 1. The molecule has 0 fully saturated rings. The van der Waals surface area contributed by atoms with E-state index in [0.717, 1.165) is 4.90 Å². The van der Waals surface area contributed by atoms with Crippen LogP contribution in [0.4, 0.5) is 0 Å². The molecule has 0 amide bonds. The van der Waals surface area contributed by atoms with Gasteiger partial charge in [-0.1, -0.05) is 19.1 Å². The van der Waals surface area contributed by atoms with Crippen molar-refractivity contribution >= 4 is 11.8 Å². The molecule has 0 radical (unpaired) electrons. The molecule has 0 aliphatic rings. The van der Waals surface area contributed by atoms with Crippen molar-refractivity contribution in [3.05, 3.63) is 39.4 Å². The van der Waals surface area contributed by atoms with E-state index in [1.807, 2.05) is 19.1 Å². The van der Waals surface area contributed by atoms with E-state index in [9.17, 15) is 10.1 Å². The molecule has 1 aromatic carbocycles. The van der Waals surface area contributed by atoms with E-state index in [1.54, 1.807) is 11.8 Å². The van der Waals surface area contributed by atoms with Gasteiger partial charge in [-0.25, -0.2) is 0 Å². The number of hydrogen-bond donors (Lipinski definition) is 0. The summed E-state index contributed by atoms with van der Waals surface area (Å²) in [5.74, 6) is 0.549. The molecule has 4 heteroatoms. The van der Waals surface area contributed by atoms with Crippen LogP contribution in [0.1, 0.15) is 24.5 Å². The van der Waals surface area contributed by atoms with Crippen molar-refractivity contribution in [2.75, 3.05) is 5.75 Å². The zero-order valence-electron chi connectivity index (χ0n) is 9.90. The van der Waals surface area contributed by atoms with Gasteiger partial charge in [-0.15, -0.1) is 11.8 Å². The lowest BCUT2D eigenvalue weighted by Gasteiger charge is -2.10. The second kappa shape index (κ2) is 5.89. The summed E-state index contributed by atoms with van der Waals surface area (Å²) < 4.78 is 0. The number of rotatable bonds is 5. The molecule has 0 spiro atoms. The summed E-state index contributed by atoms with van der Waals surface area (Å²) in [7, 11) is 0. The molecule has 0 bridgehead atoms. The highest BCUT2D eigenvalue weighted by Gasteiger charge is 2.17. The van der Waals surface area contributed by atoms with Gasteiger partial charge in [0.1, 0.15) is 0 Å². The van der Waals surface area contributed by atoms with Gasteiger partial charge in [0, 0.05) is 16.2 Å². The fourth-order valence-electron chi connectivity index (χ4n) is 1.39. The predicted octanol–water partition coefficient (Wildman–Crippen LogP) is 3.45. The maximum absolute atomic E-state index is 10.7. The fraction of sp³-hybridized carbons (Fsp3) is 0.500. The average Bonchev–Trinajstić information content (AvgIpc) is 2.24. The Morgan fingerprint density at radius 2 is 2.12 bits per heavy atom. The molecular formula is C12H17NO2S. The highest BCUT2D eigenvalue weighted by molar-refractivity contribution is 7.99. The molecule has 16 heavy (non-hydrogen) atoms. The Morgan fingerprint density at radius 1 is 1.44 bits per heavy atom. The van der Waals surface area contributed by atoms with Crippen LogP contribution in [-0.2, 0) is 0 Å². The van der Waals surface area contributed by atoms with Gasteiger partial charge in [-0.3, -0.25) is 10.1 Å². The van der Waals surface area contributed by atoms with Crippen LogP contribution in [0.5, 0.6) is 0 Å². The summed E-state index contributed by atoms with van der Waals surface area (Å²) in [5, 5.41) is 10.7. The summed E-state index contributed by atoms with van der Waals surface area (Å²) in [6.45, 7) is 5.98. The van der Waals surface area contributed by atoms with E-state index >= 15 is 0 Å². The van der Waals surface area contributed by atoms with E-state index in [4.69, 9.17) is 0 Å². The maximum Gasteiger partial charge on any atom is 0.222 e. The van der Waals surface area contributed by atoms with Gasteiger partial charge >= 0.3 is 0 Å². The van der Waals surface area contributed by atoms with Crippen molar-refractivity contribution in [3.8, 4) is 0 Å². The van der Waals surface area contributed by atoms with Crippen LogP contribution in [0.2, 0.25) is 0 Å².